The van der Waals surface area contributed by atoms with Gasteiger partial charge in [0.2, 0.25) is 5.91 Å². The number of carbonyl (C=O) groups excluding carboxylic acids is 2. The smallest absolute Gasteiger partial charge is 0.256 e. The maximum Gasteiger partial charge on any atom is 0.256 e. The van der Waals surface area contributed by atoms with E-state index < -0.39 is 0 Å². The zero-order chi connectivity index (χ0) is 13.8. The van der Waals surface area contributed by atoms with Crippen LogP contribution in [0.2, 0.25) is 0 Å². The average Bonchev–Trinajstić information content (AvgIpc) is 2.75. The second kappa shape index (κ2) is 5.62. The molecule has 0 aliphatic heterocycles. The van der Waals surface area contributed by atoms with Crippen LogP contribution in [-0.2, 0) is 4.79 Å². The molecule has 0 aliphatic rings. The molecular formula is C13H13N3O2S. The summed E-state index contributed by atoms with van der Waals surface area (Å²) in [5.41, 5.74) is 2.07. The Balaban J connectivity index is 2.05. The Morgan fingerprint density at radius 3 is 2.37 bits per heavy atom. The molecule has 0 aliphatic carbocycles. The molecular weight excluding hydrogens is 262 g/mol. The van der Waals surface area contributed by atoms with Crippen LogP contribution in [0.4, 0.5) is 10.7 Å². The van der Waals surface area contributed by atoms with E-state index in [0.29, 0.717) is 16.3 Å². The van der Waals surface area contributed by atoms with Gasteiger partial charge in [-0.1, -0.05) is 0 Å². The predicted molar refractivity (Wildman–Crippen MR) is 75.5 cm³/mol. The van der Waals surface area contributed by atoms with E-state index in [9.17, 15) is 9.59 Å². The van der Waals surface area contributed by atoms with Crippen molar-refractivity contribution in [3.63, 3.8) is 0 Å². The molecule has 0 atom stereocenters. The molecule has 0 saturated carbocycles. The molecule has 0 unspecified atom stereocenters. The van der Waals surface area contributed by atoms with Gasteiger partial charge < -0.3 is 10.6 Å². The summed E-state index contributed by atoms with van der Waals surface area (Å²) in [4.78, 5) is 22.8. The van der Waals surface area contributed by atoms with Crippen LogP contribution in [-0.4, -0.2) is 16.2 Å². The Kier molecular flexibility index (Phi) is 3.91. The van der Waals surface area contributed by atoms with Crippen LogP contribution in [0, 0.1) is 6.92 Å². The Bertz CT molecular complexity index is 605. The van der Waals surface area contributed by atoms with E-state index in [1.807, 2.05) is 13.0 Å². The lowest BCUT2D eigenvalue weighted by Crippen LogP contribution is -2.11. The number of aromatic nitrogens is 1. The van der Waals surface area contributed by atoms with Crippen LogP contribution in [0.25, 0.3) is 0 Å². The van der Waals surface area contributed by atoms with Crippen LogP contribution >= 0.6 is 11.5 Å². The molecule has 6 heteroatoms. The second-order valence-electron chi connectivity index (χ2n) is 4.05. The van der Waals surface area contributed by atoms with Crippen molar-refractivity contribution < 1.29 is 9.59 Å². The maximum atomic E-state index is 11.9. The third-order valence-electron chi connectivity index (χ3n) is 2.33. The minimum atomic E-state index is -0.196. The Morgan fingerprint density at radius 2 is 1.84 bits per heavy atom. The number of nitrogens with zero attached hydrogens (tertiary/aromatic N) is 1. The topological polar surface area (TPSA) is 71.1 Å². The van der Waals surface area contributed by atoms with Gasteiger partial charge in [0.1, 0.15) is 5.00 Å². The summed E-state index contributed by atoms with van der Waals surface area (Å²) >= 11 is 1.25. The molecule has 2 N–H and O–H groups in total. The van der Waals surface area contributed by atoms with E-state index in [1.54, 1.807) is 24.3 Å². The highest BCUT2D eigenvalue weighted by Gasteiger charge is 2.08. The summed E-state index contributed by atoms with van der Waals surface area (Å²) in [6, 6.07) is 8.51. The highest BCUT2D eigenvalue weighted by atomic mass is 32.1. The van der Waals surface area contributed by atoms with Gasteiger partial charge in [0, 0.05) is 18.2 Å². The van der Waals surface area contributed by atoms with Gasteiger partial charge in [-0.25, -0.2) is 0 Å². The zero-order valence-electron chi connectivity index (χ0n) is 10.6. The molecule has 1 heterocycles. The van der Waals surface area contributed by atoms with E-state index >= 15 is 0 Å². The number of hydrogen-bond donors (Lipinski definition) is 2. The first-order valence-electron chi connectivity index (χ1n) is 5.67. The van der Waals surface area contributed by atoms with Gasteiger partial charge in [-0.2, -0.15) is 4.37 Å². The summed E-state index contributed by atoms with van der Waals surface area (Å²) in [6.07, 6.45) is 0. The molecule has 98 valence electrons. The number of aryl methyl sites for hydroxylation is 1. The van der Waals surface area contributed by atoms with Crippen LogP contribution in [0.1, 0.15) is 23.0 Å². The first-order chi connectivity index (χ1) is 9.04. The monoisotopic (exact) mass is 275 g/mol. The molecule has 1 aromatic carbocycles. The fourth-order valence-electron chi connectivity index (χ4n) is 1.51. The van der Waals surface area contributed by atoms with E-state index in [-0.39, 0.29) is 11.8 Å². The highest BCUT2D eigenvalue weighted by Crippen LogP contribution is 2.17. The molecule has 5 nitrogen and oxygen atoms in total. The summed E-state index contributed by atoms with van der Waals surface area (Å²) in [6.45, 7) is 3.31. The molecule has 2 aromatic rings. The Morgan fingerprint density at radius 1 is 1.16 bits per heavy atom. The molecule has 0 saturated heterocycles. The summed E-state index contributed by atoms with van der Waals surface area (Å²) in [7, 11) is 0. The summed E-state index contributed by atoms with van der Waals surface area (Å²) < 4.78 is 4.09. The average molecular weight is 275 g/mol. The van der Waals surface area contributed by atoms with Gasteiger partial charge in [0.25, 0.3) is 5.91 Å². The molecule has 19 heavy (non-hydrogen) atoms. The van der Waals surface area contributed by atoms with Gasteiger partial charge in [0.05, 0.1) is 5.69 Å². The first kappa shape index (κ1) is 13.2. The standard InChI is InChI=1S/C13H13N3O2S/c1-8-7-12(19-16-8)15-13(18)10-3-5-11(6-4-10)14-9(2)17/h3-7H,1-2H3,(H,14,17)(H,15,18). The normalized spacial score (nSPS) is 10.0. The summed E-state index contributed by atoms with van der Waals surface area (Å²) in [5, 5.41) is 6.13. The van der Waals surface area contributed by atoms with Crippen molar-refractivity contribution in [3.8, 4) is 0 Å². The molecule has 0 bridgehead atoms. The summed E-state index contributed by atoms with van der Waals surface area (Å²) in [5.74, 6) is -0.338. The van der Waals surface area contributed by atoms with Crippen molar-refractivity contribution in [2.45, 2.75) is 13.8 Å². The van der Waals surface area contributed by atoms with Gasteiger partial charge in [-0.05, 0) is 48.8 Å². The molecule has 1 aromatic heterocycles. The quantitative estimate of drug-likeness (QED) is 0.904. The molecule has 2 amide bonds. The number of anilines is 2. The van der Waals surface area contributed by atoms with E-state index in [0.717, 1.165) is 5.69 Å². The number of nitrogens with one attached hydrogen (secondary N) is 2. The van der Waals surface area contributed by atoms with Crippen molar-refractivity contribution in [1.29, 1.82) is 0 Å². The van der Waals surface area contributed by atoms with Gasteiger partial charge in [-0.3, -0.25) is 9.59 Å². The Hall–Kier alpha value is -2.21. The predicted octanol–water partition coefficient (Wildman–Crippen LogP) is 2.66. The number of carbonyl (C=O) groups is 2. The van der Waals surface area contributed by atoms with Crippen molar-refractivity contribution in [3.05, 3.63) is 41.6 Å². The molecule has 0 fully saturated rings. The van der Waals surface area contributed by atoms with Crippen molar-refractivity contribution >= 4 is 34.0 Å². The SMILES string of the molecule is CC(=O)Nc1ccc(C(=O)Nc2cc(C)ns2)cc1. The number of benzene rings is 1. The maximum absolute atomic E-state index is 11.9. The third-order valence-corrected chi connectivity index (χ3v) is 3.13. The van der Waals surface area contributed by atoms with E-state index in [1.165, 1.54) is 18.5 Å². The lowest BCUT2D eigenvalue weighted by atomic mass is 10.2. The van der Waals surface area contributed by atoms with E-state index in [4.69, 9.17) is 0 Å². The van der Waals surface area contributed by atoms with E-state index in [2.05, 4.69) is 15.0 Å². The number of amides is 2. The fourth-order valence-corrected chi connectivity index (χ4v) is 2.17. The van der Waals surface area contributed by atoms with Crippen molar-refractivity contribution in [2.75, 3.05) is 10.6 Å². The van der Waals surface area contributed by atoms with Gasteiger partial charge in [0.15, 0.2) is 0 Å². The fraction of sp³-hybridized carbons (Fsp3) is 0.154. The molecule has 2 rings (SSSR count). The number of hydrogen-bond acceptors (Lipinski definition) is 4. The van der Waals surface area contributed by atoms with Crippen LogP contribution < -0.4 is 10.6 Å². The van der Waals surface area contributed by atoms with Crippen molar-refractivity contribution in [2.24, 2.45) is 0 Å². The molecule has 0 spiro atoms. The van der Waals surface area contributed by atoms with Crippen LogP contribution in [0.3, 0.4) is 0 Å². The zero-order valence-corrected chi connectivity index (χ0v) is 11.4. The third kappa shape index (κ3) is 3.62. The lowest BCUT2D eigenvalue weighted by molar-refractivity contribution is -0.114. The van der Waals surface area contributed by atoms with Crippen LogP contribution in [0.5, 0.6) is 0 Å². The second-order valence-corrected chi connectivity index (χ2v) is 4.85. The lowest BCUT2D eigenvalue weighted by Gasteiger charge is -2.04. The van der Waals surface area contributed by atoms with Crippen molar-refractivity contribution in [1.82, 2.24) is 4.37 Å². The largest absolute Gasteiger partial charge is 0.326 e. The minimum Gasteiger partial charge on any atom is -0.326 e. The molecule has 0 radical (unpaired) electrons. The minimum absolute atomic E-state index is 0.141. The highest BCUT2D eigenvalue weighted by molar-refractivity contribution is 7.10. The van der Waals surface area contributed by atoms with Gasteiger partial charge in [-0.15, -0.1) is 0 Å². The first-order valence-corrected chi connectivity index (χ1v) is 6.44. The Labute approximate surface area is 114 Å². The van der Waals surface area contributed by atoms with Crippen LogP contribution in [0.15, 0.2) is 30.3 Å². The number of rotatable bonds is 3. The van der Waals surface area contributed by atoms with Gasteiger partial charge >= 0.3 is 0 Å².